The molecule has 4 rings (SSSR count). The third-order valence-electron chi connectivity index (χ3n) is 8.52. The number of alkyl halides is 9. The number of carboxylic acid groups (broad SMARTS) is 1. The normalized spacial score (nSPS) is 16.6. The van der Waals surface area contributed by atoms with Crippen molar-refractivity contribution in [3.05, 3.63) is 82.0 Å². The Hall–Kier alpha value is -4.74. The molecule has 0 fully saturated rings. The molecule has 9 nitrogen and oxygen atoms in total. The second-order valence-electron chi connectivity index (χ2n) is 13.0. The van der Waals surface area contributed by atoms with E-state index in [1.54, 1.807) is 6.92 Å². The van der Waals surface area contributed by atoms with E-state index in [1.807, 2.05) is 0 Å². The van der Waals surface area contributed by atoms with Crippen LogP contribution in [-0.2, 0) is 39.2 Å². The zero-order valence-electron chi connectivity index (χ0n) is 28.8. The predicted molar refractivity (Wildman–Crippen MR) is 173 cm³/mol. The lowest BCUT2D eigenvalue weighted by Crippen LogP contribution is -2.47. The van der Waals surface area contributed by atoms with Crippen LogP contribution in [0, 0.1) is 5.41 Å². The lowest BCUT2D eigenvalue weighted by Gasteiger charge is -2.41. The number of halogens is 9. The molecule has 2 atom stereocenters. The highest BCUT2D eigenvalue weighted by Gasteiger charge is 2.41. The number of hydrogen-bond acceptors (Lipinski definition) is 7. The summed E-state index contributed by atoms with van der Waals surface area (Å²) in [6.45, 7) is 3.92. The molecule has 1 aliphatic rings. The van der Waals surface area contributed by atoms with Gasteiger partial charge >= 0.3 is 30.6 Å². The third-order valence-corrected chi connectivity index (χ3v) is 8.52. The number of aliphatic carboxylic acids is 1. The number of benzene rings is 2. The monoisotopic (exact) mass is 765 g/mol. The SMILES string of the molecule is CC[C@@H]1C[C@H](Nc2ncc(OCCOC)cc2Cc2cc(C(F)(F)F)cc(C(F)(F)F)c2)c2cc(C(F)(F)F)ccc2N1C(=O)OCC(C)(C)C(=O)O. The van der Waals surface area contributed by atoms with Gasteiger partial charge in [0.2, 0.25) is 0 Å². The Morgan fingerprint density at radius 2 is 1.53 bits per heavy atom. The fraction of sp³-hybridized carbons (Fsp3) is 0.457. The Morgan fingerprint density at radius 1 is 0.906 bits per heavy atom. The summed E-state index contributed by atoms with van der Waals surface area (Å²) in [5.41, 5.74) is -6.03. The molecule has 1 aromatic heterocycles. The van der Waals surface area contributed by atoms with Gasteiger partial charge in [-0.05, 0) is 80.3 Å². The molecule has 0 spiro atoms. The molecule has 0 bridgehead atoms. The number of carboxylic acids is 1. The van der Waals surface area contributed by atoms with Crippen LogP contribution in [0.2, 0.25) is 0 Å². The van der Waals surface area contributed by atoms with Crippen LogP contribution >= 0.6 is 0 Å². The minimum Gasteiger partial charge on any atom is -0.490 e. The Bertz CT molecular complexity index is 1760. The summed E-state index contributed by atoms with van der Waals surface area (Å²) in [6.07, 6.45) is -15.2. The first-order valence-corrected chi connectivity index (χ1v) is 16.1. The van der Waals surface area contributed by atoms with E-state index < -0.39 is 77.8 Å². The van der Waals surface area contributed by atoms with Crippen molar-refractivity contribution in [2.45, 2.75) is 70.6 Å². The molecule has 2 heterocycles. The average Bonchev–Trinajstić information content (AvgIpc) is 3.06. The van der Waals surface area contributed by atoms with Crippen LogP contribution in [0.5, 0.6) is 5.75 Å². The lowest BCUT2D eigenvalue weighted by atomic mass is 9.88. The quantitative estimate of drug-likeness (QED) is 0.139. The standard InChI is InChI=1S/C35H36F9N3O6/c1-5-24-16-27(26-15-21(33(36,37)38)6-7-28(26)47(24)31(50)53-18-32(2,3)30(48)49)46-29-20(13-25(17-45-29)52-9-8-51-4)10-19-11-22(34(39,40)41)14-23(12-19)35(42,43)44/h6-7,11-15,17,24,27H,5,8-10,16,18H2,1-4H3,(H,45,46)(H,48,49)/t24-,27+/m1/s1. The van der Waals surface area contributed by atoms with Crippen LogP contribution in [0.15, 0.2) is 48.7 Å². The summed E-state index contributed by atoms with van der Waals surface area (Å²) in [5, 5.41) is 12.5. The van der Waals surface area contributed by atoms with Crippen molar-refractivity contribution in [1.82, 2.24) is 4.98 Å². The van der Waals surface area contributed by atoms with Gasteiger partial charge in [0.25, 0.3) is 0 Å². The molecule has 0 unspecified atom stereocenters. The molecular weight excluding hydrogens is 729 g/mol. The fourth-order valence-electron chi connectivity index (χ4n) is 5.62. The summed E-state index contributed by atoms with van der Waals surface area (Å²) in [5.74, 6) is -1.26. The number of methoxy groups -OCH3 is 1. The maximum atomic E-state index is 14.0. The minimum absolute atomic E-state index is 0.000461. The molecule has 3 aromatic rings. The molecule has 1 aliphatic heterocycles. The summed E-state index contributed by atoms with van der Waals surface area (Å²) >= 11 is 0. The summed E-state index contributed by atoms with van der Waals surface area (Å²) < 4.78 is 140. The molecule has 1 amide bonds. The van der Waals surface area contributed by atoms with Gasteiger partial charge < -0.3 is 24.6 Å². The first-order valence-electron chi connectivity index (χ1n) is 16.1. The number of nitrogens with zero attached hydrogens (tertiary/aromatic N) is 2. The van der Waals surface area contributed by atoms with Crippen molar-refractivity contribution >= 4 is 23.6 Å². The van der Waals surface area contributed by atoms with E-state index in [1.165, 1.54) is 33.2 Å². The van der Waals surface area contributed by atoms with Crippen molar-refractivity contribution in [2.75, 3.05) is 37.1 Å². The molecule has 2 aromatic carbocycles. The topological polar surface area (TPSA) is 110 Å². The zero-order valence-corrected chi connectivity index (χ0v) is 28.8. The van der Waals surface area contributed by atoms with Crippen LogP contribution in [-0.4, -0.2) is 55.1 Å². The molecule has 0 saturated heterocycles. The van der Waals surface area contributed by atoms with Crippen LogP contribution in [0.3, 0.4) is 0 Å². The number of ether oxygens (including phenoxy) is 3. The summed E-state index contributed by atoms with van der Waals surface area (Å²) in [7, 11) is 1.40. The highest BCUT2D eigenvalue weighted by Crippen LogP contribution is 2.44. The summed E-state index contributed by atoms with van der Waals surface area (Å²) in [6, 6.07) is 3.33. The number of amides is 1. The first-order chi connectivity index (χ1) is 24.5. The number of pyridine rings is 1. The molecule has 53 heavy (non-hydrogen) atoms. The van der Waals surface area contributed by atoms with Gasteiger partial charge in [0.1, 0.15) is 24.8 Å². The molecule has 0 saturated carbocycles. The van der Waals surface area contributed by atoms with Gasteiger partial charge in [-0.1, -0.05) is 6.92 Å². The van der Waals surface area contributed by atoms with Crippen molar-refractivity contribution in [3.8, 4) is 5.75 Å². The van der Waals surface area contributed by atoms with Crippen molar-refractivity contribution in [3.63, 3.8) is 0 Å². The highest BCUT2D eigenvalue weighted by atomic mass is 19.4. The van der Waals surface area contributed by atoms with Crippen molar-refractivity contribution < 1.29 is 68.4 Å². The van der Waals surface area contributed by atoms with Gasteiger partial charge in [0.05, 0.1) is 46.6 Å². The van der Waals surface area contributed by atoms with Gasteiger partial charge in [0.15, 0.2) is 0 Å². The van der Waals surface area contributed by atoms with E-state index in [4.69, 9.17) is 14.2 Å². The largest absolute Gasteiger partial charge is 0.490 e. The summed E-state index contributed by atoms with van der Waals surface area (Å²) in [4.78, 5) is 30.4. The lowest BCUT2D eigenvalue weighted by molar-refractivity contribution is -0.149. The van der Waals surface area contributed by atoms with Crippen molar-refractivity contribution in [2.24, 2.45) is 5.41 Å². The molecule has 0 aliphatic carbocycles. The van der Waals surface area contributed by atoms with Gasteiger partial charge in [-0.2, -0.15) is 39.5 Å². The van der Waals surface area contributed by atoms with E-state index in [-0.39, 0.29) is 66.1 Å². The Labute approximate surface area is 298 Å². The van der Waals surface area contributed by atoms with Crippen LogP contribution in [0.1, 0.15) is 73.0 Å². The smallest absolute Gasteiger partial charge is 0.416 e. The molecule has 2 N–H and O–H groups in total. The second kappa shape index (κ2) is 15.7. The molecular formula is C35H36F9N3O6. The Balaban J connectivity index is 1.81. The zero-order chi connectivity index (χ0) is 39.5. The number of carbonyl (C=O) groups is 2. The Morgan fingerprint density at radius 3 is 2.08 bits per heavy atom. The van der Waals surface area contributed by atoms with Crippen LogP contribution in [0.25, 0.3) is 0 Å². The van der Waals surface area contributed by atoms with Gasteiger partial charge in [-0.25, -0.2) is 9.78 Å². The first kappa shape index (κ1) is 41.0. The van der Waals surface area contributed by atoms with Gasteiger partial charge in [0, 0.05) is 25.1 Å². The van der Waals surface area contributed by atoms with E-state index in [9.17, 15) is 54.2 Å². The van der Waals surface area contributed by atoms with Gasteiger partial charge in [-0.3, -0.25) is 9.69 Å². The Kier molecular flexibility index (Phi) is 12.2. The third kappa shape index (κ3) is 10.0. The van der Waals surface area contributed by atoms with Gasteiger partial charge in [-0.15, -0.1) is 0 Å². The van der Waals surface area contributed by atoms with Crippen LogP contribution in [0.4, 0.5) is 55.8 Å². The number of rotatable bonds is 12. The number of anilines is 2. The van der Waals surface area contributed by atoms with E-state index >= 15 is 0 Å². The number of carbonyl (C=O) groups excluding carboxylic acids is 1. The highest BCUT2D eigenvalue weighted by molar-refractivity contribution is 5.91. The number of aromatic nitrogens is 1. The minimum atomic E-state index is -5.12. The average molecular weight is 766 g/mol. The number of nitrogens with one attached hydrogen (secondary N) is 1. The fourth-order valence-corrected chi connectivity index (χ4v) is 5.62. The van der Waals surface area contributed by atoms with E-state index in [0.717, 1.165) is 23.1 Å². The molecule has 18 heteroatoms. The second-order valence-corrected chi connectivity index (χ2v) is 13.0. The number of fused-ring (bicyclic) bond motifs is 1. The molecule has 0 radical (unpaired) electrons. The predicted octanol–water partition coefficient (Wildman–Crippen LogP) is 9.14. The van der Waals surface area contributed by atoms with E-state index in [2.05, 4.69) is 10.3 Å². The van der Waals surface area contributed by atoms with E-state index in [0.29, 0.717) is 12.1 Å². The maximum absolute atomic E-state index is 14.0. The maximum Gasteiger partial charge on any atom is 0.416 e. The van der Waals surface area contributed by atoms with Crippen molar-refractivity contribution in [1.29, 1.82) is 0 Å². The molecule has 290 valence electrons. The number of hydrogen-bond donors (Lipinski definition) is 2. The van der Waals surface area contributed by atoms with Crippen LogP contribution < -0.4 is 15.0 Å².